The van der Waals surface area contributed by atoms with E-state index in [1.165, 1.54) is 0 Å². The molecule has 408 valence electrons. The largest absolute Gasteiger partial charge is 0.376 e. The minimum absolute atomic E-state index is 0.450. The molecule has 0 saturated heterocycles. The van der Waals surface area contributed by atoms with Crippen molar-refractivity contribution in [2.45, 2.75) is 80.6 Å². The fourth-order valence-electron chi connectivity index (χ4n) is 10.5. The van der Waals surface area contributed by atoms with Gasteiger partial charge < -0.3 is 14.2 Å². The molecule has 0 bridgehead atoms. The third-order valence-electron chi connectivity index (χ3n) is 15.8. The highest BCUT2D eigenvalue weighted by Gasteiger charge is 2.21. The molecular formula is C75H75N3O3. The smallest absolute Gasteiger partial charge is 0.0723 e. The predicted molar refractivity (Wildman–Crippen MR) is 336 cm³/mol. The Labute approximate surface area is 481 Å². The molecule has 0 amide bonds. The average Bonchev–Trinajstić information content (AvgIpc) is 3.56. The van der Waals surface area contributed by atoms with E-state index in [-0.39, 0.29) is 0 Å². The number of rotatable bonds is 24. The minimum atomic E-state index is 0.450. The Kier molecular flexibility index (Phi) is 19.0. The van der Waals surface area contributed by atoms with E-state index >= 15 is 0 Å². The third-order valence-corrected chi connectivity index (χ3v) is 15.8. The van der Waals surface area contributed by atoms with Crippen molar-refractivity contribution in [3.63, 3.8) is 0 Å². The highest BCUT2D eigenvalue weighted by atomic mass is 16.5. The van der Waals surface area contributed by atoms with E-state index in [2.05, 4.69) is 205 Å². The molecule has 0 aliphatic heterocycles. The van der Waals surface area contributed by atoms with Crippen molar-refractivity contribution in [1.82, 2.24) is 15.0 Å². The van der Waals surface area contributed by atoms with E-state index < -0.39 is 0 Å². The molecule has 81 heavy (non-hydrogen) atoms. The molecule has 0 aliphatic rings. The van der Waals surface area contributed by atoms with Crippen molar-refractivity contribution in [2.75, 3.05) is 19.8 Å². The highest BCUT2D eigenvalue weighted by Crippen LogP contribution is 2.45. The Morgan fingerprint density at radius 1 is 0.284 bits per heavy atom. The first-order valence-corrected chi connectivity index (χ1v) is 29.1. The summed E-state index contributed by atoms with van der Waals surface area (Å²) < 4.78 is 19.7. The van der Waals surface area contributed by atoms with Gasteiger partial charge in [-0.1, -0.05) is 188 Å². The summed E-state index contributed by atoms with van der Waals surface area (Å²) in [6.07, 6.45) is 8.75. The van der Waals surface area contributed by atoms with Gasteiger partial charge >= 0.3 is 0 Å². The van der Waals surface area contributed by atoms with Crippen molar-refractivity contribution in [3.05, 3.63) is 235 Å². The van der Waals surface area contributed by atoms with Gasteiger partial charge in [-0.2, -0.15) is 0 Å². The number of ether oxygens (including phenoxy) is 3. The lowest BCUT2D eigenvalue weighted by Crippen LogP contribution is -2.06. The Hall–Kier alpha value is -8.13. The van der Waals surface area contributed by atoms with E-state index in [1.807, 2.05) is 55.0 Å². The summed E-state index contributed by atoms with van der Waals surface area (Å²) in [7, 11) is 0. The maximum Gasteiger partial charge on any atom is 0.0723 e. The summed E-state index contributed by atoms with van der Waals surface area (Å²) in [4.78, 5) is 14.3. The van der Waals surface area contributed by atoms with Crippen LogP contribution in [0.25, 0.3) is 101 Å². The molecule has 10 aromatic rings. The Morgan fingerprint density at radius 3 is 0.815 bits per heavy atom. The van der Waals surface area contributed by atoms with Gasteiger partial charge in [0.15, 0.2) is 0 Å². The molecule has 3 aromatic heterocycles. The second kappa shape index (κ2) is 27.4. The monoisotopic (exact) mass is 1070 g/mol. The van der Waals surface area contributed by atoms with Gasteiger partial charge in [0, 0.05) is 55.1 Å². The highest BCUT2D eigenvalue weighted by molar-refractivity contribution is 5.95. The maximum atomic E-state index is 6.56. The Morgan fingerprint density at radius 2 is 0.556 bits per heavy atom. The molecule has 0 saturated carbocycles. The molecule has 0 fully saturated rings. The lowest BCUT2D eigenvalue weighted by Gasteiger charge is -2.21. The van der Waals surface area contributed by atoms with Gasteiger partial charge in [-0.05, 0) is 174 Å². The molecule has 6 heteroatoms. The van der Waals surface area contributed by atoms with Crippen LogP contribution < -0.4 is 0 Å². The first kappa shape index (κ1) is 56.2. The van der Waals surface area contributed by atoms with Crippen LogP contribution in [0, 0.1) is 17.8 Å². The third kappa shape index (κ3) is 13.7. The van der Waals surface area contributed by atoms with Crippen molar-refractivity contribution in [2.24, 2.45) is 17.8 Å². The molecule has 0 aliphatic carbocycles. The van der Waals surface area contributed by atoms with Gasteiger partial charge in [0.25, 0.3) is 0 Å². The van der Waals surface area contributed by atoms with Crippen LogP contribution in [0.2, 0.25) is 0 Å². The SMILES string of the molecule is CCC(C)COCc1cc(-c2ccccn2)ccc1-c1ccccc1-c1cc(-c2ccccc2-c2ccc(-c3ccccn3)cc2COCC(C)CC)cc(-c2ccccc2-c2ccc(-c3ccccn3)cc2COCC(C)CC)c1. The van der Waals surface area contributed by atoms with Gasteiger partial charge in [0.05, 0.1) is 36.9 Å². The molecule has 10 rings (SSSR count). The lowest BCUT2D eigenvalue weighted by atomic mass is 9.84. The number of pyridine rings is 3. The Bertz CT molecular complexity index is 3260. The number of hydrogen-bond donors (Lipinski definition) is 0. The second-order valence-corrected chi connectivity index (χ2v) is 21.8. The van der Waals surface area contributed by atoms with Crippen LogP contribution in [0.4, 0.5) is 0 Å². The zero-order chi connectivity index (χ0) is 55.9. The summed E-state index contributed by atoms with van der Waals surface area (Å²) in [5.41, 5.74) is 22.8. The maximum absolute atomic E-state index is 6.56. The first-order chi connectivity index (χ1) is 39.8. The molecule has 0 spiro atoms. The van der Waals surface area contributed by atoms with Crippen LogP contribution in [0.3, 0.4) is 0 Å². The summed E-state index contributed by atoms with van der Waals surface area (Å²) in [6, 6.07) is 72.2. The van der Waals surface area contributed by atoms with E-state index in [1.54, 1.807) is 0 Å². The van der Waals surface area contributed by atoms with Crippen molar-refractivity contribution in [3.8, 4) is 101 Å². The number of hydrogen-bond acceptors (Lipinski definition) is 6. The molecule has 0 N–H and O–H groups in total. The zero-order valence-corrected chi connectivity index (χ0v) is 47.9. The summed E-state index contributed by atoms with van der Waals surface area (Å²) in [5.74, 6) is 1.35. The van der Waals surface area contributed by atoms with Gasteiger partial charge in [-0.15, -0.1) is 0 Å². The van der Waals surface area contributed by atoms with Gasteiger partial charge in [-0.3, -0.25) is 15.0 Å². The standard InChI is InChI=1S/C75H75N3O3/c1-7-52(4)46-79-49-61-40-55(73-28-16-19-37-76-73)31-34-67(61)70-25-13-10-22-64(70)58-43-59(65-23-11-14-26-71(65)68-35-32-56(74-29-17-20-38-77-74)41-62(68)50-80-47-53(5)8-2)45-60(44-58)66-24-12-15-27-72(66)69-36-33-57(75-30-18-21-39-78-75)42-63(69)51-81-48-54(6)9-3/h10-45,52-54H,7-9,46-51H2,1-6H3. The van der Waals surface area contributed by atoms with Crippen LogP contribution in [0.15, 0.2) is 219 Å². The van der Waals surface area contributed by atoms with Crippen molar-refractivity contribution >= 4 is 0 Å². The predicted octanol–water partition coefficient (Wildman–Crippen LogP) is 19.6. The van der Waals surface area contributed by atoms with Crippen LogP contribution >= 0.6 is 0 Å². The summed E-state index contributed by atoms with van der Waals surface area (Å²) in [6.45, 7) is 16.9. The molecule has 0 radical (unpaired) electrons. The van der Waals surface area contributed by atoms with Crippen LogP contribution in [0.1, 0.15) is 77.5 Å². The normalized spacial score (nSPS) is 12.5. The average molecular weight is 1070 g/mol. The molecule has 7 aromatic carbocycles. The van der Waals surface area contributed by atoms with Crippen molar-refractivity contribution < 1.29 is 14.2 Å². The second-order valence-electron chi connectivity index (χ2n) is 21.8. The van der Waals surface area contributed by atoms with E-state index in [4.69, 9.17) is 29.2 Å². The first-order valence-electron chi connectivity index (χ1n) is 29.1. The molecule has 3 unspecified atom stereocenters. The summed E-state index contributed by atoms with van der Waals surface area (Å²) in [5, 5.41) is 0. The molecule has 3 heterocycles. The van der Waals surface area contributed by atoms with Crippen LogP contribution in [-0.2, 0) is 34.0 Å². The molecule has 3 atom stereocenters. The van der Waals surface area contributed by atoms with Gasteiger partial charge in [-0.25, -0.2) is 0 Å². The van der Waals surface area contributed by atoms with E-state index in [0.29, 0.717) is 57.4 Å². The fraction of sp³-hybridized carbons (Fsp3) is 0.240. The fourth-order valence-corrected chi connectivity index (χ4v) is 10.5. The van der Waals surface area contributed by atoms with Crippen molar-refractivity contribution in [1.29, 1.82) is 0 Å². The Balaban J connectivity index is 1.17. The minimum Gasteiger partial charge on any atom is -0.376 e. The molecular weight excluding hydrogens is 991 g/mol. The molecule has 6 nitrogen and oxygen atoms in total. The quantitative estimate of drug-likeness (QED) is 0.0601. The summed E-state index contributed by atoms with van der Waals surface area (Å²) >= 11 is 0. The number of aromatic nitrogens is 3. The topological polar surface area (TPSA) is 66.4 Å². The number of nitrogens with zero attached hydrogens (tertiary/aromatic N) is 3. The van der Waals surface area contributed by atoms with Crippen LogP contribution in [-0.4, -0.2) is 34.8 Å². The van der Waals surface area contributed by atoms with E-state index in [0.717, 1.165) is 136 Å². The van der Waals surface area contributed by atoms with Crippen LogP contribution in [0.5, 0.6) is 0 Å². The lowest BCUT2D eigenvalue weighted by molar-refractivity contribution is 0.0913. The number of benzene rings is 7. The van der Waals surface area contributed by atoms with Gasteiger partial charge in [0.1, 0.15) is 0 Å². The van der Waals surface area contributed by atoms with Gasteiger partial charge in [0.2, 0.25) is 0 Å². The van der Waals surface area contributed by atoms with E-state index in [9.17, 15) is 0 Å². The zero-order valence-electron chi connectivity index (χ0n) is 47.9.